The summed E-state index contributed by atoms with van der Waals surface area (Å²) >= 11 is 0. The number of carbonyl (C=O) groups excluding carboxylic acids is 1. The van der Waals surface area contributed by atoms with Crippen molar-refractivity contribution in [2.24, 2.45) is 0 Å². The molecule has 0 aliphatic carbocycles. The van der Waals surface area contributed by atoms with Gasteiger partial charge in [0, 0.05) is 45.0 Å². The Balaban J connectivity index is 1.89. The van der Waals surface area contributed by atoms with Gasteiger partial charge in [0.2, 0.25) is 5.91 Å². The van der Waals surface area contributed by atoms with Crippen LogP contribution in [0.15, 0.2) is 6.33 Å². The molecule has 1 amide bonds. The Morgan fingerprint density at radius 1 is 1.39 bits per heavy atom. The van der Waals surface area contributed by atoms with Crippen LogP contribution in [0.25, 0.3) is 0 Å². The number of carbonyl (C=O) groups is 1. The molecule has 1 fully saturated rings. The molecule has 0 N–H and O–H groups in total. The van der Waals surface area contributed by atoms with Crippen molar-refractivity contribution in [1.82, 2.24) is 14.5 Å². The summed E-state index contributed by atoms with van der Waals surface area (Å²) in [5, 5.41) is 0. The summed E-state index contributed by atoms with van der Waals surface area (Å²) in [6, 6.07) is 0. The van der Waals surface area contributed by atoms with E-state index in [1.165, 1.54) is 5.69 Å². The zero-order valence-electron chi connectivity index (χ0n) is 14.2. The molecular weight excluding hydrogens is 294 g/mol. The van der Waals surface area contributed by atoms with Crippen LogP contribution in [0.3, 0.4) is 0 Å². The average molecular weight is 321 g/mol. The smallest absolute Gasteiger partial charge is 0.249 e. The van der Waals surface area contributed by atoms with Crippen LogP contribution in [-0.4, -0.2) is 53.3 Å². The topological polar surface area (TPSA) is 56.6 Å². The van der Waals surface area contributed by atoms with Gasteiger partial charge in [0.15, 0.2) is 0 Å². The van der Waals surface area contributed by atoms with Crippen LogP contribution >= 0.6 is 0 Å². The van der Waals surface area contributed by atoms with Crippen LogP contribution in [0.2, 0.25) is 0 Å². The predicted molar refractivity (Wildman–Crippen MR) is 86.2 cm³/mol. The van der Waals surface area contributed by atoms with E-state index in [-0.39, 0.29) is 18.1 Å². The minimum Gasteiger partial charge on any atom is -0.381 e. The summed E-state index contributed by atoms with van der Waals surface area (Å²) < 4.78 is 13.3. The largest absolute Gasteiger partial charge is 0.381 e. The maximum absolute atomic E-state index is 12.8. The third-order valence-corrected chi connectivity index (χ3v) is 5.01. The Morgan fingerprint density at radius 2 is 2.17 bits per heavy atom. The monoisotopic (exact) mass is 321 g/mol. The summed E-state index contributed by atoms with van der Waals surface area (Å²) in [6.07, 6.45) is 5.35. The van der Waals surface area contributed by atoms with Gasteiger partial charge in [0.25, 0.3) is 0 Å². The standard InChI is InChI=1S/C17H27N3O3/c1-3-9-23-12-15(21)20-8-5-14-16(18-13-19(14)4-2)17(20)6-10-22-11-7-17/h13H,3-12H2,1-2H3. The number of imidazole rings is 1. The molecule has 6 nitrogen and oxygen atoms in total. The number of aromatic nitrogens is 2. The first-order valence-electron chi connectivity index (χ1n) is 8.73. The molecule has 2 aliphatic rings. The fraction of sp³-hybridized carbons (Fsp3) is 0.765. The highest BCUT2D eigenvalue weighted by Gasteiger charge is 2.48. The fourth-order valence-electron chi connectivity index (χ4n) is 3.85. The Morgan fingerprint density at radius 3 is 2.87 bits per heavy atom. The zero-order valence-corrected chi connectivity index (χ0v) is 14.2. The average Bonchev–Trinajstić information content (AvgIpc) is 3.00. The van der Waals surface area contributed by atoms with Crippen LogP contribution in [0.1, 0.15) is 44.5 Å². The second kappa shape index (κ2) is 7.01. The normalized spacial score (nSPS) is 19.8. The van der Waals surface area contributed by atoms with Crippen molar-refractivity contribution in [2.75, 3.05) is 33.0 Å². The molecule has 0 radical (unpaired) electrons. The number of aryl methyl sites for hydroxylation is 1. The summed E-state index contributed by atoms with van der Waals surface area (Å²) in [5.74, 6) is 0.0806. The van der Waals surface area contributed by atoms with Crippen molar-refractivity contribution < 1.29 is 14.3 Å². The molecule has 1 aromatic heterocycles. The summed E-state index contributed by atoms with van der Waals surface area (Å²) in [4.78, 5) is 19.5. The Bertz CT molecular complexity index is 549. The van der Waals surface area contributed by atoms with Crippen molar-refractivity contribution in [2.45, 2.75) is 51.6 Å². The summed E-state index contributed by atoms with van der Waals surface area (Å²) in [5.41, 5.74) is 2.06. The van der Waals surface area contributed by atoms with Gasteiger partial charge in [-0.15, -0.1) is 0 Å². The van der Waals surface area contributed by atoms with Crippen LogP contribution in [0, 0.1) is 0 Å². The maximum Gasteiger partial charge on any atom is 0.249 e. The van der Waals surface area contributed by atoms with Crippen molar-refractivity contribution >= 4 is 5.91 Å². The van der Waals surface area contributed by atoms with E-state index in [4.69, 9.17) is 14.5 Å². The van der Waals surface area contributed by atoms with Crippen LogP contribution in [0.5, 0.6) is 0 Å². The van der Waals surface area contributed by atoms with Gasteiger partial charge in [0.1, 0.15) is 6.61 Å². The minimum atomic E-state index is -0.307. The van der Waals surface area contributed by atoms with Gasteiger partial charge in [-0.25, -0.2) is 4.98 Å². The number of fused-ring (bicyclic) bond motifs is 2. The number of hydrogen-bond acceptors (Lipinski definition) is 4. The van der Waals surface area contributed by atoms with Gasteiger partial charge < -0.3 is 18.9 Å². The molecule has 0 atom stereocenters. The van der Waals surface area contributed by atoms with Gasteiger partial charge in [-0.3, -0.25) is 4.79 Å². The third kappa shape index (κ3) is 2.90. The lowest BCUT2D eigenvalue weighted by molar-refractivity contribution is -0.149. The number of amides is 1. The van der Waals surface area contributed by atoms with E-state index < -0.39 is 0 Å². The molecule has 3 rings (SSSR count). The zero-order chi connectivity index (χ0) is 16.3. The van der Waals surface area contributed by atoms with Crippen molar-refractivity contribution in [1.29, 1.82) is 0 Å². The molecule has 1 saturated heterocycles. The van der Waals surface area contributed by atoms with Crippen molar-refractivity contribution in [3.8, 4) is 0 Å². The molecule has 3 heterocycles. The number of nitrogens with zero attached hydrogens (tertiary/aromatic N) is 3. The molecule has 6 heteroatoms. The summed E-state index contributed by atoms with van der Waals surface area (Å²) in [6.45, 7) is 8.00. The molecule has 1 spiro atoms. The Kier molecular flexibility index (Phi) is 5.02. The van der Waals surface area contributed by atoms with E-state index in [1.807, 2.05) is 11.2 Å². The lowest BCUT2D eigenvalue weighted by atomic mass is 9.80. The number of ether oxygens (including phenoxy) is 2. The number of hydrogen-bond donors (Lipinski definition) is 0. The van der Waals surface area contributed by atoms with Crippen molar-refractivity contribution in [3.63, 3.8) is 0 Å². The van der Waals surface area contributed by atoms with Gasteiger partial charge in [0.05, 0.1) is 17.6 Å². The SMILES string of the molecule is CCCOCC(=O)N1CCc2c(ncn2CC)C12CCOCC2. The van der Waals surface area contributed by atoms with E-state index in [1.54, 1.807) is 0 Å². The molecule has 0 aromatic carbocycles. The van der Waals surface area contributed by atoms with E-state index >= 15 is 0 Å². The van der Waals surface area contributed by atoms with E-state index in [9.17, 15) is 4.79 Å². The Hall–Kier alpha value is -1.40. The second-order valence-corrected chi connectivity index (χ2v) is 6.32. The molecule has 1 aromatic rings. The molecule has 0 bridgehead atoms. The fourth-order valence-corrected chi connectivity index (χ4v) is 3.85. The highest BCUT2D eigenvalue weighted by Crippen LogP contribution is 2.42. The quantitative estimate of drug-likeness (QED) is 0.775. The van der Waals surface area contributed by atoms with Gasteiger partial charge >= 0.3 is 0 Å². The van der Waals surface area contributed by atoms with Crippen molar-refractivity contribution in [3.05, 3.63) is 17.7 Å². The highest BCUT2D eigenvalue weighted by molar-refractivity contribution is 5.79. The predicted octanol–water partition coefficient (Wildman–Crippen LogP) is 1.72. The van der Waals surface area contributed by atoms with Gasteiger partial charge in [-0.05, 0) is 26.2 Å². The first-order valence-corrected chi connectivity index (χ1v) is 8.73. The minimum absolute atomic E-state index is 0.0806. The van der Waals surface area contributed by atoms with Crippen LogP contribution in [-0.2, 0) is 32.8 Å². The van der Waals surface area contributed by atoms with Gasteiger partial charge in [-0.2, -0.15) is 0 Å². The second-order valence-electron chi connectivity index (χ2n) is 6.32. The maximum atomic E-state index is 12.8. The first-order chi connectivity index (χ1) is 11.2. The Labute approximate surface area is 137 Å². The molecule has 23 heavy (non-hydrogen) atoms. The van der Waals surface area contributed by atoms with Crippen LogP contribution < -0.4 is 0 Å². The lowest BCUT2D eigenvalue weighted by Gasteiger charge is -2.48. The third-order valence-electron chi connectivity index (χ3n) is 5.01. The van der Waals surface area contributed by atoms with E-state index in [0.29, 0.717) is 19.8 Å². The number of rotatable bonds is 5. The molecule has 0 unspecified atom stereocenters. The van der Waals surface area contributed by atoms with E-state index in [2.05, 4.69) is 18.4 Å². The van der Waals surface area contributed by atoms with E-state index in [0.717, 1.165) is 44.5 Å². The first kappa shape index (κ1) is 16.5. The highest BCUT2D eigenvalue weighted by atomic mass is 16.5. The molecule has 2 aliphatic heterocycles. The molecule has 0 saturated carbocycles. The molecule has 128 valence electrons. The molecular formula is C17H27N3O3. The van der Waals surface area contributed by atoms with Gasteiger partial charge in [-0.1, -0.05) is 6.92 Å². The summed E-state index contributed by atoms with van der Waals surface area (Å²) in [7, 11) is 0. The lowest BCUT2D eigenvalue weighted by Crippen LogP contribution is -2.57. The van der Waals surface area contributed by atoms with Crippen LogP contribution in [0.4, 0.5) is 0 Å².